The third-order valence-electron chi connectivity index (χ3n) is 4.15. The Morgan fingerprint density at radius 1 is 1.15 bits per heavy atom. The highest BCUT2D eigenvalue weighted by molar-refractivity contribution is 6.07. The van der Waals surface area contributed by atoms with Crippen LogP contribution in [0.2, 0.25) is 0 Å². The summed E-state index contributed by atoms with van der Waals surface area (Å²) >= 11 is 0. The molecule has 0 aromatic heterocycles. The molecule has 0 radical (unpaired) electrons. The number of hydrogen-bond acceptors (Lipinski definition) is 2. The highest BCUT2D eigenvalue weighted by Gasteiger charge is 2.48. The molecule has 1 fully saturated rings. The molecule has 1 aliphatic carbocycles. The van der Waals surface area contributed by atoms with Gasteiger partial charge in [0.15, 0.2) is 5.75 Å². The Balaban J connectivity index is 2.04. The molecule has 6 heteroatoms. The van der Waals surface area contributed by atoms with Gasteiger partial charge in [-0.3, -0.25) is 4.79 Å². The Morgan fingerprint density at radius 3 is 2.50 bits per heavy atom. The largest absolute Gasteiger partial charge is 0.573 e. The number of amides is 1. The van der Waals surface area contributed by atoms with Crippen molar-refractivity contribution >= 4 is 11.6 Å². The molecule has 2 aliphatic rings. The number of carbonyl (C=O) groups is 1. The molecule has 0 atom stereocenters. The molecule has 1 N–H and O–H groups in total. The lowest BCUT2D eigenvalue weighted by atomic mass is 9.70. The maximum absolute atomic E-state index is 12.4. The molecule has 0 bridgehead atoms. The second kappa shape index (κ2) is 4.40. The third-order valence-corrected chi connectivity index (χ3v) is 4.15. The molecule has 3 rings (SSSR count). The molecule has 1 spiro atoms. The van der Waals surface area contributed by atoms with E-state index in [-0.39, 0.29) is 17.3 Å². The smallest absolute Gasteiger partial charge is 0.404 e. The number of hydrogen-bond donors (Lipinski definition) is 1. The standard InChI is InChI=1S/C14H14F3NO2/c15-14(16,17)20-10-6-4-5-9-11(10)18-12(19)13(9)7-2-1-3-8-13/h4-6H,1-3,7-8H2,(H,18,19). The number of para-hydroxylation sites is 1. The maximum atomic E-state index is 12.4. The third kappa shape index (κ3) is 2.03. The minimum atomic E-state index is -4.76. The molecular weight excluding hydrogens is 271 g/mol. The van der Waals surface area contributed by atoms with Crippen LogP contribution >= 0.6 is 0 Å². The Hall–Kier alpha value is -1.72. The van der Waals surface area contributed by atoms with Crippen molar-refractivity contribution in [3.63, 3.8) is 0 Å². The summed E-state index contributed by atoms with van der Waals surface area (Å²) < 4.78 is 41.2. The highest BCUT2D eigenvalue weighted by Crippen LogP contribution is 2.50. The summed E-state index contributed by atoms with van der Waals surface area (Å²) in [5, 5.41) is 2.59. The van der Waals surface area contributed by atoms with Crippen LogP contribution in [0.25, 0.3) is 0 Å². The number of carbonyl (C=O) groups excluding carboxylic acids is 1. The normalized spacial score (nSPS) is 20.6. The topological polar surface area (TPSA) is 38.3 Å². The minimum Gasteiger partial charge on any atom is -0.404 e. The van der Waals surface area contributed by atoms with E-state index < -0.39 is 11.8 Å². The molecule has 0 unspecified atom stereocenters. The first-order valence-electron chi connectivity index (χ1n) is 6.63. The van der Waals surface area contributed by atoms with Crippen LogP contribution in [0.15, 0.2) is 18.2 Å². The van der Waals surface area contributed by atoms with Gasteiger partial charge < -0.3 is 10.1 Å². The van der Waals surface area contributed by atoms with E-state index in [1.165, 1.54) is 12.1 Å². The molecule has 108 valence electrons. The van der Waals surface area contributed by atoms with Gasteiger partial charge >= 0.3 is 6.36 Å². The summed E-state index contributed by atoms with van der Waals surface area (Å²) in [5.41, 5.74) is 0.152. The Labute approximate surface area is 114 Å². The van der Waals surface area contributed by atoms with Crippen molar-refractivity contribution in [3.05, 3.63) is 23.8 Å². The van der Waals surface area contributed by atoms with Crippen LogP contribution in [0.3, 0.4) is 0 Å². The Bertz CT molecular complexity index is 548. The second-order valence-electron chi connectivity index (χ2n) is 5.32. The summed E-state index contributed by atoms with van der Waals surface area (Å²) in [6, 6.07) is 4.47. The predicted molar refractivity (Wildman–Crippen MR) is 66.5 cm³/mol. The molecule has 1 aromatic rings. The SMILES string of the molecule is O=C1Nc2c(OC(F)(F)F)cccc2C12CCCCC2. The van der Waals surface area contributed by atoms with Gasteiger partial charge in [-0.05, 0) is 24.5 Å². The second-order valence-corrected chi connectivity index (χ2v) is 5.32. The lowest BCUT2D eigenvalue weighted by molar-refractivity contribution is -0.274. The fourth-order valence-electron chi connectivity index (χ4n) is 3.28. The van der Waals surface area contributed by atoms with Gasteiger partial charge in [0.05, 0.1) is 11.1 Å². The van der Waals surface area contributed by atoms with E-state index in [9.17, 15) is 18.0 Å². The average molecular weight is 285 g/mol. The van der Waals surface area contributed by atoms with Crippen LogP contribution in [0.1, 0.15) is 37.7 Å². The maximum Gasteiger partial charge on any atom is 0.573 e. The molecule has 1 aromatic carbocycles. The molecule has 20 heavy (non-hydrogen) atoms. The van der Waals surface area contributed by atoms with Crippen LogP contribution in [-0.4, -0.2) is 12.3 Å². The number of fused-ring (bicyclic) bond motifs is 2. The first kappa shape index (κ1) is 13.3. The number of anilines is 1. The molecule has 1 amide bonds. The summed E-state index contributed by atoms with van der Waals surface area (Å²) in [6.45, 7) is 0. The summed E-state index contributed by atoms with van der Waals surface area (Å²) in [4.78, 5) is 12.3. The van der Waals surface area contributed by atoms with Crippen LogP contribution in [0.5, 0.6) is 5.75 Å². The van der Waals surface area contributed by atoms with E-state index >= 15 is 0 Å². The van der Waals surface area contributed by atoms with Crippen molar-refractivity contribution in [3.8, 4) is 5.75 Å². The van der Waals surface area contributed by atoms with Gasteiger partial charge in [0.1, 0.15) is 0 Å². The Morgan fingerprint density at radius 2 is 1.85 bits per heavy atom. The van der Waals surface area contributed by atoms with Crippen LogP contribution in [0, 0.1) is 0 Å². The predicted octanol–water partition coefficient (Wildman–Crippen LogP) is 3.74. The molecule has 1 saturated carbocycles. The lowest BCUT2D eigenvalue weighted by Gasteiger charge is -2.31. The number of alkyl halides is 3. The average Bonchev–Trinajstić information content (AvgIpc) is 2.64. The number of rotatable bonds is 1. The first-order valence-corrected chi connectivity index (χ1v) is 6.63. The first-order chi connectivity index (χ1) is 9.42. The van der Waals surface area contributed by atoms with Gasteiger partial charge in [-0.2, -0.15) is 0 Å². The van der Waals surface area contributed by atoms with E-state index in [0.29, 0.717) is 18.4 Å². The molecular formula is C14H14F3NO2. The molecule has 0 saturated heterocycles. The summed E-state index contributed by atoms with van der Waals surface area (Å²) in [5.74, 6) is -0.531. The zero-order valence-corrected chi connectivity index (χ0v) is 10.7. The number of halogens is 3. The molecule has 1 aliphatic heterocycles. The summed E-state index contributed by atoms with van der Waals surface area (Å²) in [7, 11) is 0. The van der Waals surface area contributed by atoms with E-state index in [0.717, 1.165) is 19.3 Å². The van der Waals surface area contributed by atoms with Crippen molar-refractivity contribution in [2.75, 3.05) is 5.32 Å². The van der Waals surface area contributed by atoms with Gasteiger partial charge in [0.2, 0.25) is 5.91 Å². The van der Waals surface area contributed by atoms with Gasteiger partial charge in [-0.15, -0.1) is 13.2 Å². The molecule has 1 heterocycles. The van der Waals surface area contributed by atoms with Crippen molar-refractivity contribution in [2.45, 2.75) is 43.9 Å². The number of nitrogens with one attached hydrogen (secondary N) is 1. The van der Waals surface area contributed by atoms with Crippen LogP contribution < -0.4 is 10.1 Å². The van der Waals surface area contributed by atoms with Crippen molar-refractivity contribution < 1.29 is 22.7 Å². The van der Waals surface area contributed by atoms with Gasteiger partial charge in [0, 0.05) is 0 Å². The van der Waals surface area contributed by atoms with Gasteiger partial charge in [0.25, 0.3) is 0 Å². The van der Waals surface area contributed by atoms with Crippen LogP contribution in [-0.2, 0) is 10.2 Å². The monoisotopic (exact) mass is 285 g/mol. The quantitative estimate of drug-likeness (QED) is 0.853. The van der Waals surface area contributed by atoms with E-state index in [4.69, 9.17) is 0 Å². The van der Waals surface area contributed by atoms with E-state index in [2.05, 4.69) is 10.1 Å². The minimum absolute atomic E-state index is 0.178. The van der Waals surface area contributed by atoms with E-state index in [1.54, 1.807) is 6.07 Å². The fraction of sp³-hybridized carbons (Fsp3) is 0.500. The zero-order chi connectivity index (χ0) is 14.4. The van der Waals surface area contributed by atoms with Crippen molar-refractivity contribution in [2.24, 2.45) is 0 Å². The lowest BCUT2D eigenvalue weighted by Crippen LogP contribution is -2.36. The number of ether oxygens (including phenoxy) is 1. The highest BCUT2D eigenvalue weighted by atomic mass is 19.4. The van der Waals surface area contributed by atoms with Gasteiger partial charge in [-0.25, -0.2) is 0 Å². The van der Waals surface area contributed by atoms with Crippen LogP contribution in [0.4, 0.5) is 18.9 Å². The number of benzene rings is 1. The van der Waals surface area contributed by atoms with Gasteiger partial charge in [-0.1, -0.05) is 31.4 Å². The van der Waals surface area contributed by atoms with Crippen molar-refractivity contribution in [1.82, 2.24) is 0 Å². The zero-order valence-electron chi connectivity index (χ0n) is 10.7. The molecule has 3 nitrogen and oxygen atoms in total. The Kier molecular flexibility index (Phi) is 2.92. The fourth-order valence-corrected chi connectivity index (χ4v) is 3.28. The van der Waals surface area contributed by atoms with Crippen molar-refractivity contribution in [1.29, 1.82) is 0 Å². The summed E-state index contributed by atoms with van der Waals surface area (Å²) in [6.07, 6.45) is -0.512. The van der Waals surface area contributed by atoms with E-state index in [1.807, 2.05) is 0 Å².